The van der Waals surface area contributed by atoms with Crippen molar-refractivity contribution in [2.45, 2.75) is 6.42 Å². The maximum Gasteiger partial charge on any atom is 0.260 e. The smallest absolute Gasteiger partial charge is 0.260 e. The first-order valence-electron chi connectivity index (χ1n) is 6.88. The molecule has 0 radical (unpaired) electrons. The summed E-state index contributed by atoms with van der Waals surface area (Å²) in [6.45, 7) is 0.193. The number of aldehydes is 1. The Hall–Kier alpha value is -2.87. The third kappa shape index (κ3) is 3.41. The van der Waals surface area contributed by atoms with Crippen LogP contribution in [0.3, 0.4) is 0 Å². The Morgan fingerprint density at radius 3 is 2.82 bits per heavy atom. The number of amides is 1. The van der Waals surface area contributed by atoms with Gasteiger partial charge in [0.05, 0.1) is 18.1 Å². The lowest BCUT2D eigenvalue weighted by molar-refractivity contribution is -0.131. The SMILES string of the molecule is CN(CCC#N)C(=O)COc1ccc2ccccc2c1C=O. The third-order valence-electron chi connectivity index (χ3n) is 3.38. The minimum Gasteiger partial charge on any atom is -0.483 e. The van der Waals surface area contributed by atoms with Gasteiger partial charge in [0.1, 0.15) is 5.75 Å². The summed E-state index contributed by atoms with van der Waals surface area (Å²) in [5.74, 6) is 0.149. The highest BCUT2D eigenvalue weighted by Crippen LogP contribution is 2.26. The molecular formula is C17H16N2O3. The molecule has 0 unspecified atom stereocenters. The van der Waals surface area contributed by atoms with E-state index in [2.05, 4.69) is 0 Å². The molecule has 22 heavy (non-hydrogen) atoms. The molecule has 0 bridgehead atoms. The molecular weight excluding hydrogens is 280 g/mol. The van der Waals surface area contributed by atoms with Crippen LogP contribution >= 0.6 is 0 Å². The topological polar surface area (TPSA) is 70.4 Å². The molecule has 1 amide bonds. The van der Waals surface area contributed by atoms with Crippen molar-refractivity contribution < 1.29 is 14.3 Å². The van der Waals surface area contributed by atoms with Gasteiger partial charge in [-0.3, -0.25) is 9.59 Å². The minimum atomic E-state index is -0.236. The van der Waals surface area contributed by atoms with Crippen LogP contribution in [0.25, 0.3) is 10.8 Å². The fourth-order valence-electron chi connectivity index (χ4n) is 2.12. The van der Waals surface area contributed by atoms with Crippen LogP contribution in [0.4, 0.5) is 0 Å². The van der Waals surface area contributed by atoms with Crippen molar-refractivity contribution in [1.29, 1.82) is 5.26 Å². The van der Waals surface area contributed by atoms with E-state index in [0.717, 1.165) is 17.1 Å². The van der Waals surface area contributed by atoms with E-state index in [-0.39, 0.29) is 18.9 Å². The van der Waals surface area contributed by atoms with Crippen molar-refractivity contribution in [3.8, 4) is 11.8 Å². The maximum absolute atomic E-state index is 11.9. The fourth-order valence-corrected chi connectivity index (χ4v) is 2.12. The molecule has 0 saturated heterocycles. The highest BCUT2D eigenvalue weighted by molar-refractivity contribution is 6.00. The standard InChI is InChI=1S/C17H16N2O3/c1-19(10-4-9-18)17(21)12-22-16-8-7-13-5-2-3-6-14(13)15(16)11-20/h2-3,5-8,11H,4,10,12H2,1H3. The number of rotatable bonds is 6. The lowest BCUT2D eigenvalue weighted by Crippen LogP contribution is -2.32. The second-order valence-electron chi connectivity index (χ2n) is 4.83. The number of hydrogen-bond donors (Lipinski definition) is 0. The zero-order valence-corrected chi connectivity index (χ0v) is 12.3. The van der Waals surface area contributed by atoms with Crippen LogP contribution in [-0.2, 0) is 4.79 Å². The molecule has 112 valence electrons. The summed E-state index contributed by atoms with van der Waals surface area (Å²) >= 11 is 0. The van der Waals surface area contributed by atoms with Crippen LogP contribution in [-0.4, -0.2) is 37.3 Å². The van der Waals surface area contributed by atoms with Crippen LogP contribution in [0.15, 0.2) is 36.4 Å². The van der Waals surface area contributed by atoms with Gasteiger partial charge in [0.2, 0.25) is 0 Å². The van der Waals surface area contributed by atoms with Crippen LogP contribution in [0.1, 0.15) is 16.8 Å². The van der Waals surface area contributed by atoms with Crippen LogP contribution in [0.5, 0.6) is 5.75 Å². The molecule has 5 heteroatoms. The fraction of sp³-hybridized carbons (Fsp3) is 0.235. The highest BCUT2D eigenvalue weighted by Gasteiger charge is 2.12. The first-order chi connectivity index (χ1) is 10.7. The Balaban J connectivity index is 2.13. The molecule has 2 rings (SSSR count). The van der Waals surface area contributed by atoms with E-state index in [9.17, 15) is 9.59 Å². The van der Waals surface area contributed by atoms with Crippen LogP contribution in [0, 0.1) is 11.3 Å². The Bertz CT molecular complexity index is 734. The molecule has 0 heterocycles. The first-order valence-corrected chi connectivity index (χ1v) is 6.88. The number of benzene rings is 2. The zero-order chi connectivity index (χ0) is 15.9. The van der Waals surface area contributed by atoms with Crippen molar-refractivity contribution in [3.63, 3.8) is 0 Å². The average Bonchev–Trinajstić information content (AvgIpc) is 2.56. The molecule has 0 saturated carbocycles. The predicted octanol–water partition coefficient (Wildman–Crippen LogP) is 2.40. The summed E-state index contributed by atoms with van der Waals surface area (Å²) in [6.07, 6.45) is 1.01. The van der Waals surface area contributed by atoms with Crippen LogP contribution in [0.2, 0.25) is 0 Å². The molecule has 0 aliphatic rings. The second kappa shape index (κ2) is 7.23. The number of fused-ring (bicyclic) bond motifs is 1. The van der Waals surface area contributed by atoms with Gasteiger partial charge < -0.3 is 9.64 Å². The monoisotopic (exact) mass is 296 g/mol. The summed E-state index contributed by atoms with van der Waals surface area (Å²) in [5, 5.41) is 10.2. The van der Waals surface area contributed by atoms with Crippen LogP contribution < -0.4 is 4.74 Å². The van der Waals surface area contributed by atoms with Gasteiger partial charge in [0, 0.05) is 13.6 Å². The van der Waals surface area contributed by atoms with Gasteiger partial charge in [-0.05, 0) is 16.8 Å². The van der Waals surface area contributed by atoms with E-state index in [4.69, 9.17) is 10.00 Å². The Morgan fingerprint density at radius 2 is 2.09 bits per heavy atom. The van der Waals surface area contributed by atoms with Crippen molar-refractivity contribution in [1.82, 2.24) is 4.90 Å². The summed E-state index contributed by atoms with van der Waals surface area (Å²) < 4.78 is 5.49. The summed E-state index contributed by atoms with van der Waals surface area (Å²) in [4.78, 5) is 24.7. The van der Waals surface area contributed by atoms with E-state index < -0.39 is 0 Å². The molecule has 0 spiro atoms. The largest absolute Gasteiger partial charge is 0.483 e. The van der Waals surface area contributed by atoms with Gasteiger partial charge in [0.15, 0.2) is 12.9 Å². The molecule has 0 aromatic heterocycles. The molecule has 0 atom stereocenters. The number of ether oxygens (including phenoxy) is 1. The molecule has 2 aromatic rings. The Labute approximate surface area is 128 Å². The predicted molar refractivity (Wildman–Crippen MR) is 82.7 cm³/mol. The molecule has 2 aromatic carbocycles. The lowest BCUT2D eigenvalue weighted by Gasteiger charge is -2.16. The van der Waals surface area contributed by atoms with Gasteiger partial charge >= 0.3 is 0 Å². The van der Waals surface area contributed by atoms with E-state index in [1.165, 1.54) is 4.90 Å². The Kier molecular flexibility index (Phi) is 5.10. The van der Waals surface area contributed by atoms with Gasteiger partial charge in [-0.1, -0.05) is 30.3 Å². The normalized spacial score (nSPS) is 10.0. The second-order valence-corrected chi connectivity index (χ2v) is 4.83. The van der Waals surface area contributed by atoms with E-state index >= 15 is 0 Å². The first kappa shape index (κ1) is 15.5. The van der Waals surface area contributed by atoms with E-state index in [1.807, 2.05) is 36.4 Å². The molecule has 5 nitrogen and oxygen atoms in total. The number of hydrogen-bond acceptors (Lipinski definition) is 4. The number of likely N-dealkylation sites (N-methyl/N-ethyl adjacent to an activating group) is 1. The average molecular weight is 296 g/mol. The molecule has 0 aliphatic heterocycles. The number of nitriles is 1. The van der Waals surface area contributed by atoms with Crippen molar-refractivity contribution >= 4 is 23.0 Å². The lowest BCUT2D eigenvalue weighted by atomic mass is 10.0. The van der Waals surface area contributed by atoms with Crippen molar-refractivity contribution in [2.75, 3.05) is 20.2 Å². The number of nitrogens with zero attached hydrogens (tertiary/aromatic N) is 2. The molecule has 0 N–H and O–H groups in total. The van der Waals surface area contributed by atoms with Gasteiger partial charge in [-0.15, -0.1) is 0 Å². The minimum absolute atomic E-state index is 0.166. The number of carbonyl (C=O) groups is 2. The maximum atomic E-state index is 11.9. The highest BCUT2D eigenvalue weighted by atomic mass is 16.5. The zero-order valence-electron chi connectivity index (χ0n) is 12.3. The van der Waals surface area contributed by atoms with Gasteiger partial charge in [-0.2, -0.15) is 5.26 Å². The van der Waals surface area contributed by atoms with Crippen molar-refractivity contribution in [2.24, 2.45) is 0 Å². The van der Waals surface area contributed by atoms with E-state index in [1.54, 1.807) is 13.1 Å². The van der Waals surface area contributed by atoms with Gasteiger partial charge in [0.25, 0.3) is 5.91 Å². The molecule has 0 aliphatic carbocycles. The number of carbonyl (C=O) groups excluding carboxylic acids is 2. The van der Waals surface area contributed by atoms with Crippen molar-refractivity contribution in [3.05, 3.63) is 42.0 Å². The van der Waals surface area contributed by atoms with Gasteiger partial charge in [-0.25, -0.2) is 0 Å². The quantitative estimate of drug-likeness (QED) is 0.767. The summed E-state index contributed by atoms with van der Waals surface area (Å²) in [7, 11) is 1.62. The molecule has 0 fully saturated rings. The Morgan fingerprint density at radius 1 is 1.32 bits per heavy atom. The third-order valence-corrected chi connectivity index (χ3v) is 3.38. The summed E-state index contributed by atoms with van der Waals surface area (Å²) in [5.41, 5.74) is 0.436. The van der Waals surface area contributed by atoms with E-state index in [0.29, 0.717) is 17.9 Å². The summed E-state index contributed by atoms with van der Waals surface area (Å²) in [6, 6.07) is 13.0.